The minimum absolute atomic E-state index is 0. The number of nitrogens with one attached hydrogen (secondary N) is 3. The molecule has 3 heterocycles. The van der Waals surface area contributed by atoms with Crippen molar-refractivity contribution in [3.05, 3.63) is 94.9 Å². The zero-order chi connectivity index (χ0) is 20.8. The molecular formula is C26H41N3. The molecule has 0 bridgehead atoms. The maximum absolute atomic E-state index is 3.53. The second kappa shape index (κ2) is 15.3. The summed E-state index contributed by atoms with van der Waals surface area (Å²) >= 11 is 0. The Morgan fingerprint density at radius 1 is 0.793 bits per heavy atom. The lowest BCUT2D eigenvalue weighted by atomic mass is 10.1. The van der Waals surface area contributed by atoms with E-state index in [4.69, 9.17) is 0 Å². The SMILES string of the molecule is C.C/C=C\C=C(/C)Cc1ccc(Cc2ccc(Cc3ccc[nH]3)[nH]2)[nH]1.CC.CC. The molecule has 0 unspecified atom stereocenters. The molecule has 0 aliphatic rings. The molecule has 0 saturated carbocycles. The maximum Gasteiger partial charge on any atom is 0.0278 e. The number of hydrogen-bond acceptors (Lipinski definition) is 0. The van der Waals surface area contributed by atoms with Gasteiger partial charge in [-0.2, -0.15) is 0 Å². The summed E-state index contributed by atoms with van der Waals surface area (Å²) in [6.07, 6.45) is 11.1. The summed E-state index contributed by atoms with van der Waals surface area (Å²) in [4.78, 5) is 10.3. The van der Waals surface area contributed by atoms with E-state index in [2.05, 4.69) is 70.4 Å². The summed E-state index contributed by atoms with van der Waals surface area (Å²) in [6, 6.07) is 12.9. The first-order chi connectivity index (χ1) is 13.7. The molecule has 160 valence electrons. The molecule has 0 fully saturated rings. The molecular weight excluding hydrogens is 354 g/mol. The summed E-state index contributed by atoms with van der Waals surface area (Å²) in [5, 5.41) is 0. The minimum Gasteiger partial charge on any atom is -0.365 e. The monoisotopic (exact) mass is 395 g/mol. The normalized spacial score (nSPS) is 10.6. The van der Waals surface area contributed by atoms with Gasteiger partial charge in [-0.1, -0.05) is 58.9 Å². The highest BCUT2D eigenvalue weighted by molar-refractivity contribution is 5.26. The van der Waals surface area contributed by atoms with Crippen molar-refractivity contribution in [3.8, 4) is 0 Å². The van der Waals surface area contributed by atoms with E-state index in [-0.39, 0.29) is 7.43 Å². The fraction of sp³-hybridized carbons (Fsp3) is 0.385. The van der Waals surface area contributed by atoms with E-state index in [0.29, 0.717) is 0 Å². The molecule has 0 aliphatic heterocycles. The average Bonchev–Trinajstić information content (AvgIpc) is 3.48. The third kappa shape index (κ3) is 9.38. The zero-order valence-corrected chi connectivity index (χ0v) is 18.4. The second-order valence-electron chi connectivity index (χ2n) is 6.28. The molecule has 3 heteroatoms. The van der Waals surface area contributed by atoms with E-state index in [1.165, 1.54) is 34.0 Å². The molecule has 0 amide bonds. The van der Waals surface area contributed by atoms with Crippen LogP contribution in [0.3, 0.4) is 0 Å². The predicted molar refractivity (Wildman–Crippen MR) is 130 cm³/mol. The number of allylic oxidation sites excluding steroid dienone is 4. The van der Waals surface area contributed by atoms with Crippen molar-refractivity contribution < 1.29 is 0 Å². The van der Waals surface area contributed by atoms with Crippen LogP contribution >= 0.6 is 0 Å². The quantitative estimate of drug-likeness (QED) is 0.345. The Hall–Kier alpha value is -2.68. The maximum atomic E-state index is 3.53. The largest absolute Gasteiger partial charge is 0.365 e. The third-order valence-electron chi connectivity index (χ3n) is 4.08. The van der Waals surface area contributed by atoms with Gasteiger partial charge in [0.05, 0.1) is 0 Å². The highest BCUT2D eigenvalue weighted by Crippen LogP contribution is 2.14. The third-order valence-corrected chi connectivity index (χ3v) is 4.08. The first-order valence-corrected chi connectivity index (χ1v) is 10.5. The van der Waals surface area contributed by atoms with Gasteiger partial charge in [0.2, 0.25) is 0 Å². The van der Waals surface area contributed by atoms with Gasteiger partial charge in [0.25, 0.3) is 0 Å². The van der Waals surface area contributed by atoms with Gasteiger partial charge in [0.15, 0.2) is 0 Å². The average molecular weight is 396 g/mol. The van der Waals surface area contributed by atoms with Gasteiger partial charge in [-0.3, -0.25) is 0 Å². The first-order valence-electron chi connectivity index (χ1n) is 10.5. The van der Waals surface area contributed by atoms with Gasteiger partial charge < -0.3 is 15.0 Å². The van der Waals surface area contributed by atoms with E-state index in [0.717, 1.165) is 19.3 Å². The smallest absolute Gasteiger partial charge is 0.0278 e. The van der Waals surface area contributed by atoms with Crippen LogP contribution in [0.25, 0.3) is 0 Å². The van der Waals surface area contributed by atoms with Crippen molar-refractivity contribution in [2.24, 2.45) is 0 Å². The molecule has 3 N–H and O–H groups in total. The highest BCUT2D eigenvalue weighted by atomic mass is 14.8. The molecule has 0 spiro atoms. The molecule has 0 aromatic carbocycles. The number of H-pyrrole nitrogens is 3. The van der Waals surface area contributed by atoms with Crippen molar-refractivity contribution >= 4 is 0 Å². The summed E-state index contributed by atoms with van der Waals surface area (Å²) in [6.45, 7) is 12.2. The predicted octanol–water partition coefficient (Wildman–Crippen LogP) is 7.61. The molecule has 3 aromatic heterocycles. The van der Waals surface area contributed by atoms with Crippen LogP contribution in [0, 0.1) is 0 Å². The van der Waals surface area contributed by atoms with Crippen LogP contribution in [0.15, 0.2) is 66.4 Å². The van der Waals surface area contributed by atoms with Crippen LogP contribution in [0.2, 0.25) is 0 Å². The summed E-state index contributed by atoms with van der Waals surface area (Å²) in [5.74, 6) is 0. The van der Waals surface area contributed by atoms with Crippen molar-refractivity contribution in [1.82, 2.24) is 15.0 Å². The molecule has 29 heavy (non-hydrogen) atoms. The van der Waals surface area contributed by atoms with Crippen LogP contribution in [-0.4, -0.2) is 15.0 Å². The van der Waals surface area contributed by atoms with E-state index in [1.54, 1.807) is 0 Å². The van der Waals surface area contributed by atoms with Crippen LogP contribution in [0.1, 0.15) is 77.4 Å². The van der Waals surface area contributed by atoms with Gasteiger partial charge in [-0.05, 0) is 50.2 Å². The molecule has 0 aliphatic carbocycles. The van der Waals surface area contributed by atoms with Crippen LogP contribution in [-0.2, 0) is 19.3 Å². The fourth-order valence-corrected chi connectivity index (χ4v) is 2.90. The number of aromatic amines is 3. The van der Waals surface area contributed by atoms with Crippen LogP contribution < -0.4 is 0 Å². The molecule has 3 nitrogen and oxygen atoms in total. The Kier molecular flexibility index (Phi) is 13.9. The standard InChI is InChI=1S/C21H25N3.2C2H6.CH4/c1-3-4-6-16(2)13-18-8-9-20(23-18)15-21-11-10-19(24-21)14-17-7-5-12-22-17;2*1-2;/h3-12,22-24H,13-15H2,1-2H3;2*1-2H3;1H4/b4-3-,16-6+;;;. The van der Waals surface area contributed by atoms with Crippen molar-refractivity contribution in [2.45, 2.75) is 68.2 Å². The van der Waals surface area contributed by atoms with Gasteiger partial charge in [0, 0.05) is 53.9 Å². The number of aromatic nitrogens is 3. The topological polar surface area (TPSA) is 47.4 Å². The highest BCUT2D eigenvalue weighted by Gasteiger charge is 2.05. The van der Waals surface area contributed by atoms with Crippen molar-refractivity contribution in [3.63, 3.8) is 0 Å². The molecule has 3 aromatic rings. The summed E-state index contributed by atoms with van der Waals surface area (Å²) in [7, 11) is 0. The summed E-state index contributed by atoms with van der Waals surface area (Å²) < 4.78 is 0. The summed E-state index contributed by atoms with van der Waals surface area (Å²) in [5.41, 5.74) is 7.58. The van der Waals surface area contributed by atoms with E-state index in [9.17, 15) is 0 Å². The lowest BCUT2D eigenvalue weighted by Crippen LogP contribution is -1.93. The number of rotatable bonds is 7. The van der Waals surface area contributed by atoms with Crippen LogP contribution in [0.4, 0.5) is 0 Å². The molecule has 0 radical (unpaired) electrons. The Morgan fingerprint density at radius 2 is 1.31 bits per heavy atom. The van der Waals surface area contributed by atoms with Gasteiger partial charge in [-0.25, -0.2) is 0 Å². The number of hydrogen-bond donors (Lipinski definition) is 3. The fourth-order valence-electron chi connectivity index (χ4n) is 2.90. The van der Waals surface area contributed by atoms with Crippen molar-refractivity contribution in [2.75, 3.05) is 0 Å². The minimum atomic E-state index is 0. The van der Waals surface area contributed by atoms with Gasteiger partial charge >= 0.3 is 0 Å². The lowest BCUT2D eigenvalue weighted by molar-refractivity contribution is 0.977. The van der Waals surface area contributed by atoms with E-state index < -0.39 is 0 Å². The molecule has 0 atom stereocenters. The second-order valence-corrected chi connectivity index (χ2v) is 6.28. The molecule has 3 rings (SSSR count). The zero-order valence-electron chi connectivity index (χ0n) is 18.4. The van der Waals surface area contributed by atoms with E-state index in [1.807, 2.05) is 46.9 Å². The first kappa shape index (κ1) is 26.3. The van der Waals surface area contributed by atoms with Crippen molar-refractivity contribution in [1.29, 1.82) is 0 Å². The lowest BCUT2D eigenvalue weighted by Gasteiger charge is -1.99. The van der Waals surface area contributed by atoms with E-state index >= 15 is 0 Å². The van der Waals surface area contributed by atoms with Gasteiger partial charge in [-0.15, -0.1) is 0 Å². The Bertz CT molecular complexity index is 814. The Labute approximate surface area is 178 Å². The van der Waals surface area contributed by atoms with Crippen LogP contribution in [0.5, 0.6) is 0 Å². The molecule has 0 saturated heterocycles. The Morgan fingerprint density at radius 3 is 1.83 bits per heavy atom. The van der Waals surface area contributed by atoms with Gasteiger partial charge in [0.1, 0.15) is 0 Å². The Balaban J connectivity index is 0.00000148.